The summed E-state index contributed by atoms with van der Waals surface area (Å²) in [6.07, 6.45) is 0. The Hall–Kier alpha value is -2.51. The molecule has 0 radical (unpaired) electrons. The third-order valence-electron chi connectivity index (χ3n) is 4.06. The highest BCUT2D eigenvalue weighted by atomic mass is 32.2. The van der Waals surface area contributed by atoms with E-state index in [1.165, 1.54) is 16.7 Å². The summed E-state index contributed by atoms with van der Waals surface area (Å²) >= 11 is 6.74. The quantitative estimate of drug-likeness (QED) is 0.485. The predicted octanol–water partition coefficient (Wildman–Crippen LogP) is 4.08. The van der Waals surface area contributed by atoms with Crippen LogP contribution in [0.1, 0.15) is 12.5 Å². The lowest BCUT2D eigenvalue weighted by molar-refractivity contribution is -0.113. The van der Waals surface area contributed by atoms with E-state index in [9.17, 15) is 4.79 Å². The molecule has 0 unspecified atom stereocenters. The number of nitrogens with two attached hydrogens (primary N) is 1. The fourth-order valence-corrected chi connectivity index (χ4v) is 4.01. The van der Waals surface area contributed by atoms with Crippen molar-refractivity contribution in [3.8, 4) is 11.5 Å². The molecular weight excluding hydrogens is 368 g/mol. The summed E-state index contributed by atoms with van der Waals surface area (Å²) in [7, 11) is 3.12. The van der Waals surface area contributed by atoms with Crippen molar-refractivity contribution in [2.45, 2.75) is 6.92 Å². The van der Waals surface area contributed by atoms with Crippen LogP contribution in [0.4, 0.5) is 11.4 Å². The van der Waals surface area contributed by atoms with Gasteiger partial charge in [-0.25, -0.2) is 0 Å². The van der Waals surface area contributed by atoms with Crippen LogP contribution in [0.5, 0.6) is 11.5 Å². The van der Waals surface area contributed by atoms with Gasteiger partial charge < -0.3 is 15.2 Å². The molecule has 0 bridgehead atoms. The minimum Gasteiger partial charge on any atom is -0.497 e. The van der Waals surface area contributed by atoms with Gasteiger partial charge in [0, 0.05) is 11.8 Å². The van der Waals surface area contributed by atoms with Crippen molar-refractivity contribution in [2.24, 2.45) is 0 Å². The summed E-state index contributed by atoms with van der Waals surface area (Å²) in [5.41, 5.74) is 8.83. The molecule has 134 valence electrons. The van der Waals surface area contributed by atoms with Crippen molar-refractivity contribution in [2.75, 3.05) is 24.9 Å². The molecule has 5 nitrogen and oxygen atoms in total. The van der Waals surface area contributed by atoms with E-state index in [1.807, 2.05) is 31.2 Å². The van der Waals surface area contributed by atoms with Crippen LogP contribution in [-0.4, -0.2) is 24.4 Å². The van der Waals surface area contributed by atoms with Gasteiger partial charge in [-0.3, -0.25) is 9.69 Å². The number of thiocarbonyl (C=S) groups is 1. The largest absolute Gasteiger partial charge is 0.497 e. The Bertz CT molecular complexity index is 925. The van der Waals surface area contributed by atoms with E-state index in [-0.39, 0.29) is 5.91 Å². The van der Waals surface area contributed by atoms with Gasteiger partial charge in [0.15, 0.2) is 4.32 Å². The maximum absolute atomic E-state index is 13.1. The number of carbonyl (C=O) groups excluding carboxylic acids is 1. The van der Waals surface area contributed by atoms with Crippen LogP contribution in [0.2, 0.25) is 0 Å². The molecule has 2 aromatic carbocycles. The Kier molecular flexibility index (Phi) is 5.20. The highest BCUT2D eigenvalue weighted by molar-refractivity contribution is 8.27. The molecule has 1 aliphatic heterocycles. The molecule has 0 spiro atoms. The van der Waals surface area contributed by atoms with Gasteiger partial charge in [0.1, 0.15) is 11.5 Å². The lowest BCUT2D eigenvalue weighted by Gasteiger charge is -2.18. The lowest BCUT2D eigenvalue weighted by Crippen LogP contribution is -2.28. The van der Waals surface area contributed by atoms with E-state index in [1.54, 1.807) is 32.4 Å². The number of allylic oxidation sites excluding steroid dienone is 1. The molecule has 1 amide bonds. The van der Waals surface area contributed by atoms with Gasteiger partial charge in [0.05, 0.1) is 24.8 Å². The average Bonchev–Trinajstić information content (AvgIpc) is 2.94. The van der Waals surface area contributed by atoms with E-state index in [2.05, 4.69) is 0 Å². The third-order valence-corrected chi connectivity index (χ3v) is 5.53. The molecule has 1 aliphatic rings. The number of carbonyl (C=O) groups is 1. The van der Waals surface area contributed by atoms with E-state index < -0.39 is 0 Å². The average molecular weight is 386 g/mol. The van der Waals surface area contributed by atoms with Crippen LogP contribution in [0.3, 0.4) is 0 Å². The molecule has 0 aliphatic carbocycles. The Morgan fingerprint density at radius 1 is 1.15 bits per heavy atom. The number of methoxy groups -OCH3 is 2. The number of amides is 1. The standard InChI is InChI=1S/C19H18N2O3S2/c1-11(12-5-4-6-13(20)9-12)17-18(22)21(19(25)26-17)15-8-7-14(23-2)10-16(15)24-3/h4-10H,20H2,1-3H3/b17-11-. The van der Waals surface area contributed by atoms with Crippen molar-refractivity contribution in [1.82, 2.24) is 0 Å². The molecule has 2 N–H and O–H groups in total. The molecule has 7 heteroatoms. The number of hydrogen-bond donors (Lipinski definition) is 1. The normalized spacial score (nSPS) is 16.0. The van der Waals surface area contributed by atoms with Crippen molar-refractivity contribution < 1.29 is 14.3 Å². The molecule has 1 saturated heterocycles. The maximum atomic E-state index is 13.1. The molecule has 1 fully saturated rings. The van der Waals surface area contributed by atoms with Crippen molar-refractivity contribution in [3.63, 3.8) is 0 Å². The fourth-order valence-electron chi connectivity index (χ4n) is 2.68. The minimum atomic E-state index is -0.177. The van der Waals surface area contributed by atoms with E-state index >= 15 is 0 Å². The highest BCUT2D eigenvalue weighted by Gasteiger charge is 2.36. The summed E-state index contributed by atoms with van der Waals surface area (Å²) < 4.78 is 11.1. The first-order chi connectivity index (χ1) is 12.5. The summed E-state index contributed by atoms with van der Waals surface area (Å²) in [4.78, 5) is 15.2. The van der Waals surface area contributed by atoms with E-state index in [0.717, 1.165) is 11.1 Å². The fraction of sp³-hybridized carbons (Fsp3) is 0.158. The monoisotopic (exact) mass is 386 g/mol. The Labute approximate surface area is 161 Å². The summed E-state index contributed by atoms with van der Waals surface area (Å²) in [5, 5.41) is 0. The summed E-state index contributed by atoms with van der Waals surface area (Å²) in [6.45, 7) is 1.90. The third kappa shape index (κ3) is 3.27. The molecule has 0 atom stereocenters. The van der Waals surface area contributed by atoms with Crippen molar-refractivity contribution in [1.29, 1.82) is 0 Å². The molecule has 1 heterocycles. The van der Waals surface area contributed by atoms with E-state index in [0.29, 0.717) is 32.1 Å². The smallest absolute Gasteiger partial charge is 0.271 e. The van der Waals surface area contributed by atoms with Crippen LogP contribution in [0, 0.1) is 0 Å². The van der Waals surface area contributed by atoms with Crippen LogP contribution >= 0.6 is 24.0 Å². The SMILES string of the molecule is COc1ccc(N2C(=O)/C(=C(\C)c3cccc(N)c3)SC2=S)c(OC)c1. The second-order valence-corrected chi connectivity index (χ2v) is 7.27. The number of nitrogen functional groups attached to an aromatic ring is 1. The second-order valence-electron chi connectivity index (χ2n) is 5.63. The Balaban J connectivity index is 2.04. The highest BCUT2D eigenvalue weighted by Crippen LogP contribution is 2.43. The van der Waals surface area contributed by atoms with Crippen LogP contribution in [0.25, 0.3) is 5.57 Å². The molecule has 2 aromatic rings. The molecule has 0 saturated carbocycles. The first-order valence-electron chi connectivity index (χ1n) is 7.81. The molecule has 26 heavy (non-hydrogen) atoms. The van der Waals surface area contributed by atoms with Gasteiger partial charge in [-0.2, -0.15) is 0 Å². The number of anilines is 2. The topological polar surface area (TPSA) is 64.8 Å². The molecule has 3 rings (SSSR count). The van der Waals surface area contributed by atoms with Gasteiger partial charge in [-0.15, -0.1) is 0 Å². The first kappa shape index (κ1) is 18.3. The van der Waals surface area contributed by atoms with Crippen LogP contribution in [0.15, 0.2) is 47.4 Å². The van der Waals surface area contributed by atoms with Gasteiger partial charge in [-0.05, 0) is 42.3 Å². The molecule has 0 aromatic heterocycles. The number of rotatable bonds is 4. The lowest BCUT2D eigenvalue weighted by atomic mass is 10.1. The summed E-state index contributed by atoms with van der Waals surface area (Å²) in [6, 6.07) is 12.7. The van der Waals surface area contributed by atoms with Gasteiger partial charge in [0.25, 0.3) is 5.91 Å². The minimum absolute atomic E-state index is 0.177. The number of nitrogens with zero attached hydrogens (tertiary/aromatic N) is 1. The first-order valence-corrected chi connectivity index (χ1v) is 9.03. The number of benzene rings is 2. The second kappa shape index (κ2) is 7.39. The van der Waals surface area contributed by atoms with Crippen molar-refractivity contribution >= 4 is 51.2 Å². The molecular formula is C19H18N2O3S2. The zero-order chi connectivity index (χ0) is 18.8. The van der Waals surface area contributed by atoms with Crippen LogP contribution < -0.4 is 20.1 Å². The number of ether oxygens (including phenoxy) is 2. The number of hydrogen-bond acceptors (Lipinski definition) is 6. The Morgan fingerprint density at radius 3 is 2.58 bits per heavy atom. The van der Waals surface area contributed by atoms with Crippen LogP contribution in [-0.2, 0) is 4.79 Å². The van der Waals surface area contributed by atoms with E-state index in [4.69, 9.17) is 27.4 Å². The zero-order valence-electron chi connectivity index (χ0n) is 14.6. The van der Waals surface area contributed by atoms with Crippen molar-refractivity contribution in [3.05, 3.63) is 52.9 Å². The maximum Gasteiger partial charge on any atom is 0.271 e. The van der Waals surface area contributed by atoms with Gasteiger partial charge >= 0.3 is 0 Å². The van der Waals surface area contributed by atoms with Gasteiger partial charge in [0.2, 0.25) is 0 Å². The zero-order valence-corrected chi connectivity index (χ0v) is 16.2. The number of thioether (sulfide) groups is 1. The Morgan fingerprint density at radius 2 is 1.92 bits per heavy atom. The predicted molar refractivity (Wildman–Crippen MR) is 111 cm³/mol. The van der Waals surface area contributed by atoms with Gasteiger partial charge in [-0.1, -0.05) is 36.1 Å². The summed E-state index contributed by atoms with van der Waals surface area (Å²) in [5.74, 6) is 0.981.